The van der Waals surface area contributed by atoms with Crippen LogP contribution in [0.15, 0.2) is 23.1 Å². The lowest BCUT2D eigenvalue weighted by atomic mass is 10.1. The molecule has 2 rings (SSSR count). The van der Waals surface area contributed by atoms with E-state index in [1.54, 1.807) is 20.1 Å². The number of carbonyl (C=O) groups excluding carboxylic acids is 1. The maximum absolute atomic E-state index is 12.9. The van der Waals surface area contributed by atoms with Gasteiger partial charge in [0.1, 0.15) is 5.02 Å². The minimum Gasteiger partial charge on any atom is -0.383 e. The van der Waals surface area contributed by atoms with Gasteiger partial charge in [0, 0.05) is 36.8 Å². The summed E-state index contributed by atoms with van der Waals surface area (Å²) in [5.74, 6) is -0.473. The van der Waals surface area contributed by atoms with Crippen LogP contribution in [0, 0.1) is 13.8 Å². The summed E-state index contributed by atoms with van der Waals surface area (Å²) in [6.45, 7) is 4.01. The van der Waals surface area contributed by atoms with Crippen molar-refractivity contribution >= 4 is 17.4 Å². The molecule has 0 spiro atoms. The Balaban J connectivity index is 2.37. The number of hydrogen-bond donors (Lipinski definition) is 0. The average Bonchev–Trinajstić information content (AvgIpc) is 2.83. The summed E-state index contributed by atoms with van der Waals surface area (Å²) in [5, 5.41) is -0.585. The quantitative estimate of drug-likeness (QED) is 0.710. The Morgan fingerprint density at radius 3 is 2.50 bits per heavy atom. The maximum Gasteiger partial charge on any atom is 0.417 e. The number of aryl methyl sites for hydroxylation is 1. The lowest BCUT2D eigenvalue weighted by molar-refractivity contribution is -0.138. The number of aromatic nitrogens is 2. The second-order valence-electron chi connectivity index (χ2n) is 5.86. The van der Waals surface area contributed by atoms with Crippen molar-refractivity contribution in [1.82, 2.24) is 9.13 Å². The first-order valence-corrected chi connectivity index (χ1v) is 8.10. The highest BCUT2D eigenvalue weighted by Gasteiger charge is 2.32. The number of pyridine rings is 1. The third-order valence-corrected chi connectivity index (χ3v) is 4.35. The number of Topliss-reactive ketones (excluding diaryl/α,β-unsaturated/α-hetero) is 1. The maximum atomic E-state index is 12.9. The van der Waals surface area contributed by atoms with E-state index < -0.39 is 34.6 Å². The molecule has 0 atom stereocenters. The number of rotatable bonds is 6. The van der Waals surface area contributed by atoms with Gasteiger partial charge in [-0.3, -0.25) is 9.59 Å². The molecular weight excluding hydrogens is 373 g/mol. The SMILES string of the molecule is COCCn1c(C)cc(C(=O)Cn2cc(C(F)(F)F)cc(Cl)c2=O)c1C. The summed E-state index contributed by atoms with van der Waals surface area (Å²) in [6, 6.07) is 2.20. The van der Waals surface area contributed by atoms with Gasteiger partial charge in [-0.05, 0) is 26.0 Å². The van der Waals surface area contributed by atoms with E-state index in [2.05, 4.69) is 0 Å². The molecule has 142 valence electrons. The molecule has 0 aromatic carbocycles. The molecule has 0 saturated carbocycles. The first-order chi connectivity index (χ1) is 12.1. The van der Waals surface area contributed by atoms with Gasteiger partial charge in [-0.25, -0.2) is 0 Å². The van der Waals surface area contributed by atoms with E-state index in [-0.39, 0.29) is 0 Å². The van der Waals surface area contributed by atoms with Crippen molar-refractivity contribution in [3.05, 3.63) is 56.2 Å². The van der Waals surface area contributed by atoms with E-state index in [1.165, 1.54) is 0 Å². The first-order valence-electron chi connectivity index (χ1n) is 7.72. The standard InChI is InChI=1S/C17H18ClF3N2O3/c1-10-6-13(11(2)23(10)4-5-26-3)15(24)9-22-8-12(17(19,20)21)7-14(18)16(22)25/h6-8H,4-5,9H2,1-3H3. The Kier molecular flexibility index (Phi) is 5.98. The van der Waals surface area contributed by atoms with E-state index >= 15 is 0 Å². The number of alkyl halides is 3. The fraction of sp³-hybridized carbons (Fsp3) is 0.412. The molecule has 0 saturated heterocycles. The number of ketones is 1. The molecule has 0 aliphatic rings. The van der Waals surface area contributed by atoms with E-state index in [0.717, 1.165) is 5.69 Å². The summed E-state index contributed by atoms with van der Waals surface area (Å²) < 4.78 is 46.3. The predicted molar refractivity (Wildman–Crippen MR) is 90.8 cm³/mol. The lowest BCUT2D eigenvalue weighted by Gasteiger charge is -2.12. The van der Waals surface area contributed by atoms with Crippen molar-refractivity contribution in [2.45, 2.75) is 33.1 Å². The normalized spacial score (nSPS) is 11.8. The van der Waals surface area contributed by atoms with Crippen LogP contribution in [-0.2, 0) is 24.0 Å². The summed E-state index contributed by atoms with van der Waals surface area (Å²) >= 11 is 5.61. The summed E-state index contributed by atoms with van der Waals surface area (Å²) in [5.41, 5.74) is -0.103. The molecule has 2 aromatic rings. The lowest BCUT2D eigenvalue weighted by Crippen LogP contribution is -2.26. The van der Waals surface area contributed by atoms with Gasteiger partial charge >= 0.3 is 6.18 Å². The molecule has 0 unspecified atom stereocenters. The predicted octanol–water partition coefficient (Wildman–Crippen LogP) is 3.47. The highest BCUT2D eigenvalue weighted by Crippen LogP contribution is 2.29. The van der Waals surface area contributed by atoms with Crippen molar-refractivity contribution in [3.63, 3.8) is 0 Å². The number of nitrogens with zero attached hydrogens (tertiary/aromatic N) is 2. The van der Waals surface area contributed by atoms with Crippen LogP contribution < -0.4 is 5.56 Å². The minimum absolute atomic E-state index is 0.346. The van der Waals surface area contributed by atoms with Gasteiger partial charge in [-0.1, -0.05) is 11.6 Å². The van der Waals surface area contributed by atoms with Gasteiger partial charge < -0.3 is 13.9 Å². The van der Waals surface area contributed by atoms with Crippen molar-refractivity contribution in [2.75, 3.05) is 13.7 Å². The summed E-state index contributed by atoms with van der Waals surface area (Å²) in [7, 11) is 1.56. The Labute approximate surface area is 152 Å². The third kappa shape index (κ3) is 4.19. The Morgan fingerprint density at radius 1 is 1.27 bits per heavy atom. The number of ether oxygens (including phenoxy) is 1. The fourth-order valence-electron chi connectivity index (χ4n) is 2.72. The molecular formula is C17H18ClF3N2O3. The van der Waals surface area contributed by atoms with Crippen LogP contribution in [0.4, 0.5) is 13.2 Å². The molecule has 0 radical (unpaired) electrons. The first kappa shape index (κ1) is 20.3. The second kappa shape index (κ2) is 7.67. The van der Waals surface area contributed by atoms with Gasteiger partial charge in [0.05, 0.1) is 18.7 Å². The van der Waals surface area contributed by atoms with Gasteiger partial charge in [0.2, 0.25) is 0 Å². The number of methoxy groups -OCH3 is 1. The van der Waals surface area contributed by atoms with Crippen LogP contribution in [0.3, 0.4) is 0 Å². The molecule has 9 heteroatoms. The summed E-state index contributed by atoms with van der Waals surface area (Å²) in [4.78, 5) is 24.6. The van der Waals surface area contributed by atoms with Crippen LogP contribution in [0.5, 0.6) is 0 Å². The van der Waals surface area contributed by atoms with Gasteiger partial charge in [-0.15, -0.1) is 0 Å². The number of halogens is 4. The fourth-order valence-corrected chi connectivity index (χ4v) is 2.95. The second-order valence-corrected chi connectivity index (χ2v) is 6.27. The van der Waals surface area contributed by atoms with Crippen LogP contribution in [0.25, 0.3) is 0 Å². The Hall–Kier alpha value is -2.06. The van der Waals surface area contributed by atoms with Crippen LogP contribution in [-0.4, -0.2) is 28.6 Å². The molecule has 26 heavy (non-hydrogen) atoms. The summed E-state index contributed by atoms with van der Waals surface area (Å²) in [6.07, 6.45) is -4.06. The van der Waals surface area contributed by atoms with Crippen molar-refractivity contribution in [3.8, 4) is 0 Å². The molecule has 0 amide bonds. The van der Waals surface area contributed by atoms with Gasteiger partial charge in [-0.2, -0.15) is 13.2 Å². The molecule has 2 aromatic heterocycles. The largest absolute Gasteiger partial charge is 0.417 e. The van der Waals surface area contributed by atoms with Gasteiger partial charge in [0.25, 0.3) is 5.56 Å². The number of hydrogen-bond acceptors (Lipinski definition) is 3. The zero-order valence-electron chi connectivity index (χ0n) is 14.5. The highest BCUT2D eigenvalue weighted by molar-refractivity contribution is 6.30. The third-order valence-electron chi connectivity index (χ3n) is 4.08. The van der Waals surface area contributed by atoms with Crippen molar-refractivity contribution in [2.24, 2.45) is 0 Å². The van der Waals surface area contributed by atoms with Gasteiger partial charge in [0.15, 0.2) is 5.78 Å². The van der Waals surface area contributed by atoms with E-state index in [1.807, 2.05) is 11.5 Å². The molecule has 0 N–H and O–H groups in total. The topological polar surface area (TPSA) is 53.2 Å². The smallest absolute Gasteiger partial charge is 0.383 e. The molecule has 5 nitrogen and oxygen atoms in total. The monoisotopic (exact) mass is 390 g/mol. The highest BCUT2D eigenvalue weighted by atomic mass is 35.5. The molecule has 0 aliphatic heterocycles. The average molecular weight is 391 g/mol. The van der Waals surface area contributed by atoms with Crippen molar-refractivity contribution < 1.29 is 22.7 Å². The molecule has 0 aliphatic carbocycles. The van der Waals surface area contributed by atoms with Crippen LogP contribution >= 0.6 is 11.6 Å². The molecule has 0 bridgehead atoms. The number of carbonyl (C=O) groups is 1. The van der Waals surface area contributed by atoms with E-state index in [0.29, 0.717) is 41.2 Å². The molecule has 2 heterocycles. The molecule has 0 fully saturated rings. The zero-order chi connectivity index (χ0) is 19.6. The van der Waals surface area contributed by atoms with Crippen LogP contribution in [0.2, 0.25) is 5.02 Å². The minimum atomic E-state index is -4.67. The van der Waals surface area contributed by atoms with Crippen molar-refractivity contribution in [1.29, 1.82) is 0 Å². The van der Waals surface area contributed by atoms with E-state index in [4.69, 9.17) is 16.3 Å². The zero-order valence-corrected chi connectivity index (χ0v) is 15.2. The van der Waals surface area contributed by atoms with Crippen LogP contribution in [0.1, 0.15) is 27.3 Å². The Morgan fingerprint density at radius 2 is 1.92 bits per heavy atom. The Bertz CT molecular complexity index is 885. The van der Waals surface area contributed by atoms with E-state index in [9.17, 15) is 22.8 Å².